The van der Waals surface area contributed by atoms with Crippen LogP contribution >= 0.6 is 0 Å². The number of benzene rings is 2. The molecule has 0 bridgehead atoms. The van der Waals surface area contributed by atoms with Crippen LogP contribution < -0.4 is 24.8 Å². The molecule has 31 heavy (non-hydrogen) atoms. The standard InChI is InChI=1S/C21H24N2O7S/c1-12-7-15-17(30-11-21(25)23-15)10-19(12)31(26,27)13(2)8-20(24)22-14-5-6-16(28-3)18(9-14)29-4/h5-7,9-10,13H,8,11H2,1-4H3,(H,22,24)(H,23,25)/t13-/m0/s1. The quantitative estimate of drug-likeness (QED) is 0.668. The van der Waals surface area contributed by atoms with Gasteiger partial charge in [0.05, 0.1) is 30.1 Å². The highest BCUT2D eigenvalue weighted by Gasteiger charge is 2.29. The molecule has 10 heteroatoms. The van der Waals surface area contributed by atoms with Gasteiger partial charge in [0.15, 0.2) is 27.9 Å². The second-order valence-corrected chi connectivity index (χ2v) is 9.46. The van der Waals surface area contributed by atoms with Crippen LogP contribution in [0.3, 0.4) is 0 Å². The van der Waals surface area contributed by atoms with E-state index in [1.165, 1.54) is 27.2 Å². The third kappa shape index (κ3) is 4.74. The molecule has 1 atom stereocenters. The lowest BCUT2D eigenvalue weighted by molar-refractivity contribution is -0.118. The zero-order valence-corrected chi connectivity index (χ0v) is 18.5. The van der Waals surface area contributed by atoms with Crippen LogP contribution in [-0.2, 0) is 19.4 Å². The van der Waals surface area contributed by atoms with Crippen molar-refractivity contribution >= 4 is 33.0 Å². The molecule has 166 valence electrons. The fraction of sp³-hybridized carbons (Fsp3) is 0.333. The summed E-state index contributed by atoms with van der Waals surface area (Å²) in [5, 5.41) is 4.34. The Morgan fingerprint density at radius 1 is 1.19 bits per heavy atom. The summed E-state index contributed by atoms with van der Waals surface area (Å²) in [5.74, 6) is 0.478. The summed E-state index contributed by atoms with van der Waals surface area (Å²) in [6, 6.07) is 7.81. The normalized spacial score (nSPS) is 14.0. The topological polar surface area (TPSA) is 120 Å². The lowest BCUT2D eigenvalue weighted by Gasteiger charge is -2.21. The van der Waals surface area contributed by atoms with Crippen LogP contribution in [0.15, 0.2) is 35.2 Å². The summed E-state index contributed by atoms with van der Waals surface area (Å²) in [6.07, 6.45) is -0.245. The number of amides is 2. The van der Waals surface area contributed by atoms with E-state index in [1.54, 1.807) is 31.2 Å². The minimum atomic E-state index is -3.83. The van der Waals surface area contributed by atoms with Crippen molar-refractivity contribution in [3.05, 3.63) is 35.9 Å². The van der Waals surface area contributed by atoms with E-state index in [9.17, 15) is 18.0 Å². The number of methoxy groups -OCH3 is 2. The second-order valence-electron chi connectivity index (χ2n) is 7.13. The lowest BCUT2D eigenvalue weighted by Crippen LogP contribution is -2.27. The zero-order valence-electron chi connectivity index (χ0n) is 17.6. The molecule has 2 N–H and O–H groups in total. The van der Waals surface area contributed by atoms with Gasteiger partial charge >= 0.3 is 0 Å². The molecular weight excluding hydrogens is 424 g/mol. The van der Waals surface area contributed by atoms with Crippen molar-refractivity contribution in [2.24, 2.45) is 0 Å². The predicted molar refractivity (Wildman–Crippen MR) is 115 cm³/mol. The van der Waals surface area contributed by atoms with Gasteiger partial charge in [0, 0.05) is 24.2 Å². The van der Waals surface area contributed by atoms with Crippen molar-refractivity contribution in [3.63, 3.8) is 0 Å². The van der Waals surface area contributed by atoms with Gasteiger partial charge in [0.25, 0.3) is 5.91 Å². The highest BCUT2D eigenvalue weighted by molar-refractivity contribution is 7.92. The number of aryl methyl sites for hydroxylation is 1. The summed E-state index contributed by atoms with van der Waals surface area (Å²) in [4.78, 5) is 24.0. The van der Waals surface area contributed by atoms with Gasteiger partial charge in [-0.1, -0.05) is 0 Å². The van der Waals surface area contributed by atoms with E-state index in [4.69, 9.17) is 14.2 Å². The first-order chi connectivity index (χ1) is 14.6. The number of nitrogens with one attached hydrogen (secondary N) is 2. The third-order valence-electron chi connectivity index (χ3n) is 4.89. The molecule has 0 saturated heterocycles. The Kier molecular flexibility index (Phi) is 6.40. The number of sulfone groups is 1. The van der Waals surface area contributed by atoms with Crippen molar-refractivity contribution < 1.29 is 32.2 Å². The Morgan fingerprint density at radius 2 is 1.90 bits per heavy atom. The van der Waals surface area contributed by atoms with E-state index >= 15 is 0 Å². The number of carbonyl (C=O) groups excluding carboxylic acids is 2. The molecule has 2 amide bonds. The minimum absolute atomic E-state index is 0.0637. The molecule has 0 radical (unpaired) electrons. The Balaban J connectivity index is 1.76. The largest absolute Gasteiger partial charge is 0.493 e. The van der Waals surface area contributed by atoms with Gasteiger partial charge in [0.1, 0.15) is 5.75 Å². The van der Waals surface area contributed by atoms with Crippen molar-refractivity contribution in [1.82, 2.24) is 0 Å². The van der Waals surface area contributed by atoms with Crippen molar-refractivity contribution in [2.45, 2.75) is 30.4 Å². The fourth-order valence-corrected chi connectivity index (χ4v) is 4.82. The van der Waals surface area contributed by atoms with Crippen LogP contribution in [0.5, 0.6) is 17.2 Å². The number of rotatable bonds is 7. The monoisotopic (exact) mass is 448 g/mol. The minimum Gasteiger partial charge on any atom is -0.493 e. The van der Waals surface area contributed by atoms with E-state index in [2.05, 4.69) is 10.6 Å². The van der Waals surface area contributed by atoms with E-state index in [1.807, 2.05) is 0 Å². The number of fused-ring (bicyclic) bond motifs is 1. The maximum Gasteiger partial charge on any atom is 0.262 e. The van der Waals surface area contributed by atoms with Crippen LogP contribution in [0.2, 0.25) is 0 Å². The maximum atomic E-state index is 13.1. The number of anilines is 2. The zero-order chi connectivity index (χ0) is 22.8. The van der Waals surface area contributed by atoms with Gasteiger partial charge in [-0.05, 0) is 37.6 Å². The molecule has 0 saturated carbocycles. The molecule has 0 unspecified atom stereocenters. The number of hydrogen-bond donors (Lipinski definition) is 2. The molecule has 0 aliphatic carbocycles. The molecular formula is C21H24N2O7S. The SMILES string of the molecule is COc1ccc(NC(=O)C[C@H](C)S(=O)(=O)c2cc3c(cc2C)NC(=O)CO3)cc1OC. The van der Waals surface area contributed by atoms with Crippen LogP contribution in [-0.4, -0.2) is 46.3 Å². The van der Waals surface area contributed by atoms with Gasteiger partial charge in [-0.2, -0.15) is 0 Å². The molecule has 1 aliphatic rings. The molecule has 2 aromatic carbocycles. The second kappa shape index (κ2) is 8.84. The van der Waals surface area contributed by atoms with Crippen LogP contribution in [0.1, 0.15) is 18.9 Å². The summed E-state index contributed by atoms with van der Waals surface area (Å²) in [7, 11) is -0.841. The van der Waals surface area contributed by atoms with Gasteiger partial charge in [-0.15, -0.1) is 0 Å². The molecule has 0 fully saturated rings. The summed E-state index contributed by atoms with van der Waals surface area (Å²) >= 11 is 0. The Bertz CT molecular complexity index is 1130. The van der Waals surface area contributed by atoms with Gasteiger partial charge in [0.2, 0.25) is 5.91 Å². The van der Waals surface area contributed by atoms with Gasteiger partial charge in [-0.25, -0.2) is 8.42 Å². The average molecular weight is 448 g/mol. The van der Waals surface area contributed by atoms with E-state index in [0.717, 1.165) is 0 Å². The summed E-state index contributed by atoms with van der Waals surface area (Å²) < 4.78 is 41.9. The Morgan fingerprint density at radius 3 is 2.58 bits per heavy atom. The molecule has 1 aliphatic heterocycles. The number of carbonyl (C=O) groups is 2. The Labute approximate surface area is 180 Å². The van der Waals surface area contributed by atoms with Gasteiger partial charge in [-0.3, -0.25) is 9.59 Å². The lowest BCUT2D eigenvalue weighted by atomic mass is 10.2. The summed E-state index contributed by atoms with van der Waals surface area (Å²) in [5.41, 5.74) is 1.34. The molecule has 9 nitrogen and oxygen atoms in total. The molecule has 0 aromatic heterocycles. The van der Waals surface area contributed by atoms with Crippen LogP contribution in [0.4, 0.5) is 11.4 Å². The van der Waals surface area contributed by atoms with Gasteiger partial charge < -0.3 is 24.8 Å². The van der Waals surface area contributed by atoms with Crippen LogP contribution in [0.25, 0.3) is 0 Å². The fourth-order valence-electron chi connectivity index (χ4n) is 3.24. The molecule has 2 aromatic rings. The highest BCUT2D eigenvalue weighted by Crippen LogP contribution is 2.35. The predicted octanol–water partition coefficient (Wildman–Crippen LogP) is 2.53. The van der Waals surface area contributed by atoms with Crippen molar-refractivity contribution in [2.75, 3.05) is 31.5 Å². The smallest absolute Gasteiger partial charge is 0.262 e. The third-order valence-corrected chi connectivity index (χ3v) is 7.17. The molecule has 1 heterocycles. The van der Waals surface area contributed by atoms with E-state index < -0.39 is 21.0 Å². The first-order valence-corrected chi connectivity index (χ1v) is 11.0. The molecule has 0 spiro atoms. The Hall–Kier alpha value is -3.27. The average Bonchev–Trinajstić information content (AvgIpc) is 2.72. The maximum absolute atomic E-state index is 13.1. The van der Waals surface area contributed by atoms with Crippen molar-refractivity contribution in [3.8, 4) is 17.2 Å². The summed E-state index contributed by atoms with van der Waals surface area (Å²) in [6.45, 7) is 2.92. The van der Waals surface area contributed by atoms with Crippen molar-refractivity contribution in [1.29, 1.82) is 0 Å². The first kappa shape index (κ1) is 22.4. The number of ether oxygens (including phenoxy) is 3. The number of hydrogen-bond acceptors (Lipinski definition) is 7. The first-order valence-electron chi connectivity index (χ1n) is 9.48. The van der Waals surface area contributed by atoms with Crippen LogP contribution in [0, 0.1) is 6.92 Å². The van der Waals surface area contributed by atoms with E-state index in [-0.39, 0.29) is 29.6 Å². The molecule has 3 rings (SSSR count). The highest BCUT2D eigenvalue weighted by atomic mass is 32.2. The van der Waals surface area contributed by atoms with E-state index in [0.29, 0.717) is 28.4 Å².